The number of para-hydroxylation sites is 1. The van der Waals surface area contributed by atoms with Gasteiger partial charge in [-0.1, -0.05) is 38.3 Å². The lowest BCUT2D eigenvalue weighted by Crippen LogP contribution is -2.96. The lowest BCUT2D eigenvalue weighted by atomic mass is 10.1. The van der Waals surface area contributed by atoms with Crippen molar-refractivity contribution in [2.24, 2.45) is 0 Å². The Morgan fingerprint density at radius 1 is 1.17 bits per heavy atom. The molecule has 2 nitrogen and oxygen atoms in total. The van der Waals surface area contributed by atoms with Crippen LogP contribution in [0.3, 0.4) is 0 Å². The molecular formula is C15H20NOS+. The maximum atomic E-state index is 11.7. The molecule has 3 heteroatoms. The number of ketones is 1. The van der Waals surface area contributed by atoms with E-state index in [4.69, 9.17) is 0 Å². The third-order valence-corrected chi connectivity index (χ3v) is 4.26. The summed E-state index contributed by atoms with van der Waals surface area (Å²) in [6, 6.07) is 7.90. The van der Waals surface area contributed by atoms with Crippen LogP contribution < -0.4 is 4.31 Å². The summed E-state index contributed by atoms with van der Waals surface area (Å²) in [6.07, 6.45) is 8.82. The molecule has 0 amide bonds. The topological polar surface area (TPSA) is 21.5 Å². The van der Waals surface area contributed by atoms with Crippen LogP contribution in [0.25, 0.3) is 0 Å². The van der Waals surface area contributed by atoms with E-state index in [0.717, 1.165) is 17.0 Å². The highest BCUT2D eigenvalue weighted by Crippen LogP contribution is 2.17. The van der Waals surface area contributed by atoms with Crippen molar-refractivity contribution in [3.63, 3.8) is 0 Å². The molecule has 1 heterocycles. The molecule has 0 bridgehead atoms. The Hall–Kier alpha value is -1.06. The molecule has 0 saturated carbocycles. The fraction of sp³-hybridized carbons (Fsp3) is 0.400. The average molecular weight is 262 g/mol. The van der Waals surface area contributed by atoms with Crippen LogP contribution in [0.5, 0.6) is 0 Å². The van der Waals surface area contributed by atoms with E-state index < -0.39 is 0 Å². The molecule has 0 spiro atoms. The summed E-state index contributed by atoms with van der Waals surface area (Å²) in [7, 11) is 0. The summed E-state index contributed by atoms with van der Waals surface area (Å²) in [5, 5.41) is 0. The summed E-state index contributed by atoms with van der Waals surface area (Å²) in [5.41, 5.74) is 1.95. The van der Waals surface area contributed by atoms with Gasteiger partial charge in [0.1, 0.15) is 6.20 Å². The molecular weight excluding hydrogens is 242 g/mol. The van der Waals surface area contributed by atoms with Gasteiger partial charge in [-0.05, 0) is 12.5 Å². The van der Waals surface area contributed by atoms with Crippen molar-refractivity contribution in [2.75, 3.05) is 5.75 Å². The van der Waals surface area contributed by atoms with Crippen LogP contribution in [0.2, 0.25) is 0 Å². The Balaban J connectivity index is 1.94. The molecule has 0 aliphatic carbocycles. The lowest BCUT2D eigenvalue weighted by molar-refractivity contribution is -0.609. The number of hydrogen-bond donors (Lipinski definition) is 1. The van der Waals surface area contributed by atoms with E-state index >= 15 is 0 Å². The smallest absolute Gasteiger partial charge is 0.197 e. The quantitative estimate of drug-likeness (QED) is 0.628. The molecule has 1 unspecified atom stereocenters. The first-order chi connectivity index (χ1) is 8.83. The number of quaternary nitrogens is 1. The molecule has 1 aliphatic heterocycles. The van der Waals surface area contributed by atoms with Gasteiger partial charge < -0.3 is 0 Å². The highest BCUT2D eigenvalue weighted by molar-refractivity contribution is 7.93. The number of nitrogens with one attached hydrogen (secondary N) is 1. The molecule has 1 atom stereocenters. The van der Waals surface area contributed by atoms with E-state index in [1.165, 1.54) is 30.0 Å². The van der Waals surface area contributed by atoms with Crippen LogP contribution >= 0.6 is 11.9 Å². The second-order valence-corrected chi connectivity index (χ2v) is 5.65. The maximum Gasteiger partial charge on any atom is 0.197 e. The Morgan fingerprint density at radius 2 is 2.00 bits per heavy atom. The molecule has 18 heavy (non-hydrogen) atoms. The molecule has 1 N–H and O–H groups in total. The molecule has 1 aromatic carbocycles. The number of unbranched alkanes of at least 4 members (excludes halogenated alkanes) is 3. The van der Waals surface area contributed by atoms with Gasteiger partial charge in [0.2, 0.25) is 0 Å². The largest absolute Gasteiger partial charge is 0.289 e. The number of carbonyl (C=O) groups excluding carboxylic acids is 1. The predicted molar refractivity (Wildman–Crippen MR) is 77.1 cm³/mol. The number of allylic oxidation sites excluding steroid dienone is 1. The SMILES string of the molecule is CCCCCCS[NH+]1C=CC(=O)c2ccccc21. The molecule has 96 valence electrons. The van der Waals surface area contributed by atoms with E-state index in [-0.39, 0.29) is 5.78 Å². The zero-order chi connectivity index (χ0) is 12.8. The first-order valence-electron chi connectivity index (χ1n) is 6.64. The van der Waals surface area contributed by atoms with Crippen molar-refractivity contribution in [3.05, 3.63) is 42.1 Å². The van der Waals surface area contributed by atoms with Gasteiger partial charge in [-0.15, -0.1) is 0 Å². The third-order valence-electron chi connectivity index (χ3n) is 3.10. The third kappa shape index (κ3) is 3.24. The second-order valence-electron chi connectivity index (χ2n) is 4.52. The van der Waals surface area contributed by atoms with E-state index in [1.54, 1.807) is 6.08 Å². The summed E-state index contributed by atoms with van der Waals surface area (Å²) < 4.78 is 1.24. The number of hydrogen-bond acceptors (Lipinski definition) is 2. The average Bonchev–Trinajstić information content (AvgIpc) is 2.41. The maximum absolute atomic E-state index is 11.7. The fourth-order valence-electron chi connectivity index (χ4n) is 2.08. The zero-order valence-electron chi connectivity index (χ0n) is 10.8. The number of carbonyl (C=O) groups is 1. The molecule has 1 aliphatic rings. The van der Waals surface area contributed by atoms with Gasteiger partial charge in [-0.2, -0.15) is 0 Å². The van der Waals surface area contributed by atoms with Crippen molar-refractivity contribution in [1.82, 2.24) is 0 Å². The highest BCUT2D eigenvalue weighted by atomic mass is 32.2. The zero-order valence-corrected chi connectivity index (χ0v) is 11.6. The fourth-order valence-corrected chi connectivity index (χ4v) is 3.15. The van der Waals surface area contributed by atoms with Crippen molar-refractivity contribution in [1.29, 1.82) is 0 Å². The summed E-state index contributed by atoms with van der Waals surface area (Å²) in [4.78, 5) is 11.7. The minimum atomic E-state index is 0.126. The number of benzene rings is 1. The minimum Gasteiger partial charge on any atom is -0.289 e. The summed E-state index contributed by atoms with van der Waals surface area (Å²) in [5.74, 6) is 1.27. The van der Waals surface area contributed by atoms with Crippen LogP contribution in [0.4, 0.5) is 5.69 Å². The Morgan fingerprint density at radius 3 is 2.83 bits per heavy atom. The number of rotatable bonds is 6. The molecule has 0 radical (unpaired) electrons. The molecule has 0 fully saturated rings. The standard InChI is InChI=1S/C15H19NOS/c1-2-3-4-7-12-18-16-11-10-15(17)13-8-5-6-9-14(13)16/h5-6,8-11H,2-4,7,12H2,1H3/p+1. The molecule has 0 saturated heterocycles. The number of fused-ring (bicyclic) bond motifs is 1. The van der Waals surface area contributed by atoms with Crippen LogP contribution in [-0.2, 0) is 0 Å². The Kier molecular flexibility index (Phi) is 5.02. The first-order valence-corrected chi connectivity index (χ1v) is 7.63. The van der Waals surface area contributed by atoms with Crippen LogP contribution in [-0.4, -0.2) is 11.5 Å². The predicted octanol–water partition coefficient (Wildman–Crippen LogP) is 3.14. The summed E-state index contributed by atoms with van der Waals surface area (Å²) >= 11 is 1.87. The van der Waals surface area contributed by atoms with Crippen LogP contribution in [0.1, 0.15) is 43.0 Å². The lowest BCUT2D eigenvalue weighted by Gasteiger charge is -2.17. The molecule has 2 rings (SSSR count). The molecule has 0 aromatic heterocycles. The highest BCUT2D eigenvalue weighted by Gasteiger charge is 2.23. The van der Waals surface area contributed by atoms with Crippen molar-refractivity contribution >= 4 is 23.4 Å². The van der Waals surface area contributed by atoms with Crippen molar-refractivity contribution in [3.8, 4) is 0 Å². The van der Waals surface area contributed by atoms with Gasteiger partial charge in [0.05, 0.1) is 17.5 Å². The van der Waals surface area contributed by atoms with Gasteiger partial charge in [0.15, 0.2) is 11.5 Å². The minimum absolute atomic E-state index is 0.126. The van der Waals surface area contributed by atoms with Gasteiger partial charge >= 0.3 is 0 Å². The monoisotopic (exact) mass is 262 g/mol. The Labute approximate surface area is 113 Å². The Bertz CT molecular complexity index is 442. The van der Waals surface area contributed by atoms with Gasteiger partial charge in [-0.3, -0.25) is 4.79 Å². The first kappa shape index (κ1) is 13.4. The van der Waals surface area contributed by atoms with E-state index in [0.29, 0.717) is 0 Å². The van der Waals surface area contributed by atoms with Crippen molar-refractivity contribution in [2.45, 2.75) is 32.6 Å². The van der Waals surface area contributed by atoms with E-state index in [1.807, 2.05) is 42.4 Å². The van der Waals surface area contributed by atoms with Gasteiger partial charge in [0.25, 0.3) is 0 Å². The van der Waals surface area contributed by atoms with E-state index in [2.05, 4.69) is 6.92 Å². The van der Waals surface area contributed by atoms with Crippen LogP contribution in [0, 0.1) is 0 Å². The van der Waals surface area contributed by atoms with Gasteiger partial charge in [-0.25, -0.2) is 4.31 Å². The van der Waals surface area contributed by atoms with Gasteiger partial charge in [0, 0.05) is 17.9 Å². The van der Waals surface area contributed by atoms with Crippen molar-refractivity contribution < 1.29 is 9.10 Å². The van der Waals surface area contributed by atoms with E-state index in [9.17, 15) is 4.79 Å². The second kappa shape index (κ2) is 6.76. The normalized spacial score (nSPS) is 17.8. The summed E-state index contributed by atoms with van der Waals surface area (Å²) in [6.45, 7) is 2.23. The van der Waals surface area contributed by atoms with Crippen LogP contribution in [0.15, 0.2) is 36.5 Å². The molecule has 1 aromatic rings.